The molecule has 1 saturated carbocycles. The van der Waals surface area contributed by atoms with E-state index in [1.165, 1.54) is 13.3 Å². The van der Waals surface area contributed by atoms with Crippen molar-refractivity contribution in [1.29, 1.82) is 0 Å². The molecule has 1 aliphatic rings. The first-order chi connectivity index (χ1) is 13.7. The normalized spacial score (nSPS) is 16.9. The van der Waals surface area contributed by atoms with Crippen molar-refractivity contribution in [2.24, 2.45) is 11.3 Å². The van der Waals surface area contributed by atoms with E-state index in [9.17, 15) is 14.4 Å². The Labute approximate surface area is 178 Å². The molecule has 0 radical (unpaired) electrons. The molecule has 2 rings (SSSR count). The summed E-state index contributed by atoms with van der Waals surface area (Å²) in [7, 11) is 0. The van der Waals surface area contributed by atoms with Crippen LogP contribution in [0.5, 0.6) is 0 Å². The van der Waals surface area contributed by atoms with Crippen LogP contribution in [0, 0.1) is 11.3 Å². The first-order valence-corrected chi connectivity index (χ1v) is 11.4. The number of nitrogens with one attached hydrogen (secondary N) is 2. The Balaban J connectivity index is 2.14. The van der Waals surface area contributed by atoms with Crippen LogP contribution in [0.3, 0.4) is 0 Å². The van der Waals surface area contributed by atoms with Gasteiger partial charge in [0.15, 0.2) is 0 Å². The lowest BCUT2D eigenvalue weighted by molar-refractivity contribution is -0.128. The summed E-state index contributed by atoms with van der Waals surface area (Å²) >= 11 is 1.06. The zero-order valence-electron chi connectivity index (χ0n) is 18.0. The highest BCUT2D eigenvalue weighted by Gasteiger charge is 2.39. The van der Waals surface area contributed by atoms with Crippen molar-refractivity contribution in [3.05, 3.63) is 24.3 Å². The smallest absolute Gasteiger partial charge is 0.230 e. The van der Waals surface area contributed by atoms with Crippen molar-refractivity contribution >= 4 is 34.4 Å². The monoisotopic (exact) mass is 418 g/mol. The molecule has 0 aromatic heterocycles. The maximum absolute atomic E-state index is 13.4. The molecule has 2 N–H and O–H groups in total. The molecule has 1 aromatic carbocycles. The van der Waals surface area contributed by atoms with Gasteiger partial charge < -0.3 is 10.6 Å². The molecule has 160 valence electrons. The number of para-hydroxylation sites is 1. The fourth-order valence-corrected chi connectivity index (χ4v) is 4.69. The summed E-state index contributed by atoms with van der Waals surface area (Å²) in [5.74, 6) is 0.406. The molecule has 1 aromatic rings. The minimum absolute atomic E-state index is 0.0771. The van der Waals surface area contributed by atoms with Crippen LogP contribution in [-0.2, 0) is 14.4 Å². The Hall–Kier alpha value is -1.82. The van der Waals surface area contributed by atoms with Crippen molar-refractivity contribution in [3.8, 4) is 0 Å². The van der Waals surface area contributed by atoms with Crippen LogP contribution in [0.4, 0.5) is 5.69 Å². The van der Waals surface area contributed by atoms with Gasteiger partial charge in [-0.3, -0.25) is 14.4 Å². The van der Waals surface area contributed by atoms with Crippen molar-refractivity contribution in [2.75, 3.05) is 5.32 Å². The van der Waals surface area contributed by atoms with Crippen LogP contribution in [0.1, 0.15) is 72.6 Å². The average molecular weight is 419 g/mol. The van der Waals surface area contributed by atoms with E-state index < -0.39 is 6.04 Å². The van der Waals surface area contributed by atoms with E-state index in [1.54, 1.807) is 6.92 Å². The number of carbonyl (C=O) groups excluding carboxylic acids is 3. The molecule has 1 aliphatic carbocycles. The van der Waals surface area contributed by atoms with E-state index in [4.69, 9.17) is 0 Å². The molecule has 1 atom stereocenters. The molecule has 0 spiro atoms. The first kappa shape index (κ1) is 23.5. The lowest BCUT2D eigenvalue weighted by Crippen LogP contribution is -2.38. The zero-order chi connectivity index (χ0) is 21.4. The van der Waals surface area contributed by atoms with E-state index in [0.29, 0.717) is 16.5 Å². The summed E-state index contributed by atoms with van der Waals surface area (Å²) in [4.78, 5) is 37.7. The van der Waals surface area contributed by atoms with Gasteiger partial charge in [0, 0.05) is 17.2 Å². The Morgan fingerprint density at radius 3 is 2.34 bits per heavy atom. The van der Waals surface area contributed by atoms with Gasteiger partial charge in [-0.1, -0.05) is 45.2 Å². The van der Waals surface area contributed by atoms with Crippen molar-refractivity contribution in [1.82, 2.24) is 5.32 Å². The molecule has 0 aliphatic heterocycles. The standard InChI is InChI=1S/C23H34N2O3S/c1-16(2)12-15-23(13-8-5-9-14-23)22(28)25-19-10-6-7-11-20(19)29-21(27)17(3)24-18(4)26/h6-7,10-11,16-17H,5,8-9,12-15H2,1-4H3,(H,24,26)(H,25,28). The van der Waals surface area contributed by atoms with Gasteiger partial charge in [-0.25, -0.2) is 0 Å². The zero-order valence-corrected chi connectivity index (χ0v) is 18.9. The molecular weight excluding hydrogens is 384 g/mol. The molecule has 0 bridgehead atoms. The predicted octanol–water partition coefficient (Wildman–Crippen LogP) is 5.16. The molecule has 1 unspecified atom stereocenters. The third-order valence-electron chi connectivity index (χ3n) is 5.61. The number of benzene rings is 1. The quantitative estimate of drug-likeness (QED) is 0.572. The maximum Gasteiger partial charge on any atom is 0.230 e. The Morgan fingerprint density at radius 2 is 1.72 bits per heavy atom. The summed E-state index contributed by atoms with van der Waals surface area (Å²) in [6, 6.07) is 6.81. The molecule has 0 saturated heterocycles. The number of amides is 2. The summed E-state index contributed by atoms with van der Waals surface area (Å²) < 4.78 is 0. The van der Waals surface area contributed by atoms with Crippen LogP contribution in [0.15, 0.2) is 29.2 Å². The lowest BCUT2D eigenvalue weighted by atomic mass is 9.69. The van der Waals surface area contributed by atoms with Gasteiger partial charge >= 0.3 is 0 Å². The summed E-state index contributed by atoms with van der Waals surface area (Å²) in [5.41, 5.74) is 0.355. The number of hydrogen-bond donors (Lipinski definition) is 2. The molecule has 1 fully saturated rings. The van der Waals surface area contributed by atoms with Crippen LogP contribution in [0.2, 0.25) is 0 Å². The van der Waals surface area contributed by atoms with Gasteiger partial charge in [0.05, 0.1) is 11.7 Å². The summed E-state index contributed by atoms with van der Waals surface area (Å²) in [6.45, 7) is 7.45. The number of thioether (sulfide) groups is 1. The van der Waals surface area contributed by atoms with Crippen molar-refractivity contribution in [3.63, 3.8) is 0 Å². The molecule has 6 heteroatoms. The molecular formula is C23H34N2O3S. The average Bonchev–Trinajstić information content (AvgIpc) is 2.68. The fraction of sp³-hybridized carbons (Fsp3) is 0.609. The molecule has 0 heterocycles. The highest BCUT2D eigenvalue weighted by molar-refractivity contribution is 8.14. The molecule has 29 heavy (non-hydrogen) atoms. The van der Waals surface area contributed by atoms with Crippen LogP contribution in [-0.4, -0.2) is 23.0 Å². The second-order valence-corrected chi connectivity index (χ2v) is 9.61. The minimum atomic E-state index is -0.586. The Kier molecular flexibility index (Phi) is 8.75. The fourth-order valence-electron chi connectivity index (χ4n) is 3.86. The summed E-state index contributed by atoms with van der Waals surface area (Å²) in [6.07, 6.45) is 7.18. The van der Waals surface area contributed by atoms with Gasteiger partial charge in [-0.15, -0.1) is 0 Å². The van der Waals surface area contributed by atoms with Gasteiger partial charge in [-0.05, 0) is 62.4 Å². The first-order valence-electron chi connectivity index (χ1n) is 10.6. The largest absolute Gasteiger partial charge is 0.346 e. The van der Waals surface area contributed by atoms with E-state index in [1.807, 2.05) is 24.3 Å². The maximum atomic E-state index is 13.4. The number of hydrogen-bond acceptors (Lipinski definition) is 4. The Bertz CT molecular complexity index is 727. The number of rotatable bonds is 8. The van der Waals surface area contributed by atoms with Gasteiger partial charge in [0.2, 0.25) is 16.9 Å². The SMILES string of the molecule is CC(=O)NC(C)C(=O)Sc1ccccc1NC(=O)C1(CCC(C)C)CCCCC1. The van der Waals surface area contributed by atoms with Crippen molar-refractivity contribution < 1.29 is 14.4 Å². The second kappa shape index (κ2) is 10.8. The molecule has 2 amide bonds. The second-order valence-electron chi connectivity index (χ2n) is 8.57. The van der Waals surface area contributed by atoms with Crippen molar-refractivity contribution in [2.45, 2.75) is 83.6 Å². The Morgan fingerprint density at radius 1 is 1.07 bits per heavy atom. The highest BCUT2D eigenvalue weighted by Crippen LogP contribution is 2.42. The van der Waals surface area contributed by atoms with Crippen LogP contribution in [0.25, 0.3) is 0 Å². The van der Waals surface area contributed by atoms with Crippen LogP contribution < -0.4 is 10.6 Å². The molecule has 5 nitrogen and oxygen atoms in total. The minimum Gasteiger partial charge on any atom is -0.346 e. The van der Waals surface area contributed by atoms with E-state index >= 15 is 0 Å². The third kappa shape index (κ3) is 6.88. The van der Waals surface area contributed by atoms with E-state index in [2.05, 4.69) is 24.5 Å². The highest BCUT2D eigenvalue weighted by atomic mass is 32.2. The lowest BCUT2D eigenvalue weighted by Gasteiger charge is -2.36. The van der Waals surface area contributed by atoms with E-state index in [0.717, 1.165) is 50.3 Å². The number of anilines is 1. The van der Waals surface area contributed by atoms with Crippen LogP contribution >= 0.6 is 11.8 Å². The van der Waals surface area contributed by atoms with E-state index in [-0.39, 0.29) is 22.3 Å². The topological polar surface area (TPSA) is 75.3 Å². The summed E-state index contributed by atoms with van der Waals surface area (Å²) in [5, 5.41) is 5.58. The predicted molar refractivity (Wildman–Crippen MR) is 119 cm³/mol. The van der Waals surface area contributed by atoms with Gasteiger partial charge in [-0.2, -0.15) is 0 Å². The third-order valence-corrected chi connectivity index (χ3v) is 6.74. The van der Waals surface area contributed by atoms with Gasteiger partial charge in [0.25, 0.3) is 0 Å². The number of carbonyl (C=O) groups is 3. The van der Waals surface area contributed by atoms with Gasteiger partial charge in [0.1, 0.15) is 0 Å².